The second-order valence-electron chi connectivity index (χ2n) is 5.17. The lowest BCUT2D eigenvalue weighted by molar-refractivity contribution is 0.308. The molecule has 0 aromatic rings. The molecule has 0 unspecified atom stereocenters. The molecule has 0 aliphatic heterocycles. The van der Waals surface area contributed by atoms with Gasteiger partial charge < -0.3 is 4.74 Å². The number of hydrogen-bond donors (Lipinski definition) is 0. The van der Waals surface area contributed by atoms with Crippen molar-refractivity contribution in [2.75, 3.05) is 7.11 Å². The SMILES string of the molecule is COC1=C\C(=C/C=C2\C=C/C(C(C#N)=C(C#N)C#N)=C\C=C/C2)C=C1. The summed E-state index contributed by atoms with van der Waals surface area (Å²) in [4.78, 5) is 0. The predicted octanol–water partition coefficient (Wildman–Crippen LogP) is 4.25. The van der Waals surface area contributed by atoms with Gasteiger partial charge in [0.15, 0.2) is 0 Å². The number of nitrogens with zero attached hydrogens (tertiary/aromatic N) is 3. The van der Waals surface area contributed by atoms with Crippen LogP contribution in [0, 0.1) is 34.0 Å². The van der Waals surface area contributed by atoms with Gasteiger partial charge in [-0.3, -0.25) is 0 Å². The van der Waals surface area contributed by atoms with Gasteiger partial charge in [0, 0.05) is 0 Å². The molecule has 0 aromatic heterocycles. The van der Waals surface area contributed by atoms with Gasteiger partial charge in [0.05, 0.1) is 12.7 Å². The van der Waals surface area contributed by atoms with E-state index in [1.165, 1.54) is 0 Å². The summed E-state index contributed by atoms with van der Waals surface area (Å²) in [6, 6.07) is 5.48. The lowest BCUT2D eigenvalue weighted by Crippen LogP contribution is -1.91. The normalized spacial score (nSPS) is 23.1. The zero-order valence-corrected chi connectivity index (χ0v) is 13.7. The predicted molar refractivity (Wildman–Crippen MR) is 95.2 cm³/mol. The monoisotopic (exact) mass is 325 g/mol. The van der Waals surface area contributed by atoms with E-state index in [-0.39, 0.29) is 11.1 Å². The Morgan fingerprint density at radius 2 is 1.84 bits per heavy atom. The fourth-order valence-electron chi connectivity index (χ4n) is 2.26. The Morgan fingerprint density at radius 3 is 2.48 bits per heavy atom. The van der Waals surface area contributed by atoms with E-state index in [9.17, 15) is 5.26 Å². The Kier molecular flexibility index (Phi) is 6.12. The molecule has 0 spiro atoms. The van der Waals surface area contributed by atoms with Crippen molar-refractivity contribution in [3.05, 3.63) is 94.4 Å². The second-order valence-corrected chi connectivity index (χ2v) is 5.17. The van der Waals surface area contributed by atoms with Crippen LogP contribution in [0.4, 0.5) is 0 Å². The van der Waals surface area contributed by atoms with Gasteiger partial charge in [-0.2, -0.15) is 15.8 Å². The zero-order chi connectivity index (χ0) is 18.1. The third kappa shape index (κ3) is 4.58. The number of hydrogen-bond acceptors (Lipinski definition) is 4. The minimum absolute atomic E-state index is 0.0805. The van der Waals surface area contributed by atoms with E-state index in [0.717, 1.165) is 23.3 Å². The van der Waals surface area contributed by atoms with Crippen LogP contribution < -0.4 is 0 Å². The topological polar surface area (TPSA) is 80.6 Å². The smallest absolute Gasteiger partial charge is 0.148 e. The quantitative estimate of drug-likeness (QED) is 0.726. The maximum Gasteiger partial charge on any atom is 0.148 e. The van der Waals surface area contributed by atoms with Crippen LogP contribution in [0.25, 0.3) is 0 Å². The van der Waals surface area contributed by atoms with Crippen molar-refractivity contribution in [1.82, 2.24) is 0 Å². The largest absolute Gasteiger partial charge is 0.497 e. The molecule has 4 nitrogen and oxygen atoms in total. The van der Waals surface area contributed by atoms with Crippen molar-refractivity contribution in [2.24, 2.45) is 0 Å². The molecule has 25 heavy (non-hydrogen) atoms. The highest BCUT2D eigenvalue weighted by Gasteiger charge is 2.09. The summed E-state index contributed by atoms with van der Waals surface area (Å²) in [5, 5.41) is 27.3. The maximum absolute atomic E-state index is 9.28. The highest BCUT2D eigenvalue weighted by atomic mass is 16.5. The molecule has 0 radical (unpaired) electrons. The molecule has 2 aliphatic carbocycles. The van der Waals surface area contributed by atoms with Gasteiger partial charge in [0.25, 0.3) is 0 Å². The number of methoxy groups -OCH3 is 1. The zero-order valence-electron chi connectivity index (χ0n) is 13.7. The van der Waals surface area contributed by atoms with Crippen LogP contribution >= 0.6 is 0 Å². The Hall–Kier alpha value is -3.81. The summed E-state index contributed by atoms with van der Waals surface area (Å²) in [5.74, 6) is 0.812. The molecule has 0 aromatic carbocycles. The highest BCUT2D eigenvalue weighted by Crippen LogP contribution is 2.20. The Labute approximate surface area is 147 Å². The van der Waals surface area contributed by atoms with E-state index in [4.69, 9.17) is 15.3 Å². The van der Waals surface area contributed by atoms with Gasteiger partial charge in [-0.25, -0.2) is 0 Å². The molecule has 2 aliphatic rings. The van der Waals surface area contributed by atoms with Crippen molar-refractivity contribution in [3.8, 4) is 18.2 Å². The lowest BCUT2D eigenvalue weighted by atomic mass is 9.98. The van der Waals surface area contributed by atoms with Crippen LogP contribution in [0.2, 0.25) is 0 Å². The Balaban J connectivity index is 2.31. The molecular weight excluding hydrogens is 310 g/mol. The fraction of sp³-hybridized carbons (Fsp3) is 0.0952. The van der Waals surface area contributed by atoms with Crippen molar-refractivity contribution in [1.29, 1.82) is 15.8 Å². The van der Waals surface area contributed by atoms with E-state index in [0.29, 0.717) is 5.57 Å². The van der Waals surface area contributed by atoms with E-state index >= 15 is 0 Å². The first-order chi connectivity index (χ1) is 12.2. The first-order valence-electron chi connectivity index (χ1n) is 7.56. The number of nitriles is 3. The van der Waals surface area contributed by atoms with Crippen molar-refractivity contribution in [3.63, 3.8) is 0 Å². The van der Waals surface area contributed by atoms with E-state index < -0.39 is 0 Å². The average molecular weight is 325 g/mol. The van der Waals surface area contributed by atoms with Crippen LogP contribution in [-0.2, 0) is 4.74 Å². The summed E-state index contributed by atoms with van der Waals surface area (Å²) in [6.45, 7) is 0. The fourth-order valence-corrected chi connectivity index (χ4v) is 2.26. The molecule has 0 N–H and O–H groups in total. The molecule has 0 amide bonds. The van der Waals surface area contributed by atoms with Gasteiger partial charge in [0.1, 0.15) is 29.5 Å². The first-order valence-corrected chi connectivity index (χ1v) is 7.56. The van der Waals surface area contributed by atoms with Gasteiger partial charge in [-0.15, -0.1) is 0 Å². The molecule has 0 saturated heterocycles. The van der Waals surface area contributed by atoms with E-state index in [1.54, 1.807) is 31.4 Å². The molecule has 120 valence electrons. The van der Waals surface area contributed by atoms with Gasteiger partial charge in [0.2, 0.25) is 0 Å². The highest BCUT2D eigenvalue weighted by molar-refractivity contribution is 5.60. The van der Waals surface area contributed by atoms with Gasteiger partial charge in [-0.1, -0.05) is 48.6 Å². The third-order valence-electron chi connectivity index (χ3n) is 3.59. The van der Waals surface area contributed by atoms with Crippen molar-refractivity contribution >= 4 is 0 Å². The molecule has 2 rings (SSSR count). The summed E-state index contributed by atoms with van der Waals surface area (Å²) in [7, 11) is 1.63. The van der Waals surface area contributed by atoms with Crippen molar-refractivity contribution in [2.45, 2.75) is 6.42 Å². The van der Waals surface area contributed by atoms with Crippen molar-refractivity contribution < 1.29 is 4.74 Å². The number of allylic oxidation sites excluding steroid dienone is 15. The van der Waals surface area contributed by atoms with E-state index in [2.05, 4.69) is 0 Å². The lowest BCUT2D eigenvalue weighted by Gasteiger charge is -2.04. The minimum atomic E-state index is -0.187. The standard InChI is InChI=1S/C21H15N3O/c1-25-20-11-9-17(12-20)7-6-16-4-2-3-5-18(10-8-16)21(15-24)19(13-22)14-23/h2-3,5-12H,4H2,1H3/b3-2-,10-8-,16-6-,17-7-,18-5+. The minimum Gasteiger partial charge on any atom is -0.497 e. The van der Waals surface area contributed by atoms with Crippen LogP contribution in [0.3, 0.4) is 0 Å². The summed E-state index contributed by atoms with van der Waals surface area (Å²) in [6.07, 6.45) is 19.7. The van der Waals surface area contributed by atoms with Crippen LogP contribution in [0.5, 0.6) is 0 Å². The summed E-state index contributed by atoms with van der Waals surface area (Å²) in [5.41, 5.74) is 2.51. The molecule has 4 heteroatoms. The second kappa shape index (κ2) is 8.73. The molecule has 0 fully saturated rings. The molecular formula is C21H15N3O. The number of ether oxygens (including phenoxy) is 1. The van der Waals surface area contributed by atoms with E-state index in [1.807, 2.05) is 54.7 Å². The maximum atomic E-state index is 9.28. The Bertz CT molecular complexity index is 911. The van der Waals surface area contributed by atoms with Gasteiger partial charge in [-0.05, 0) is 35.3 Å². The molecule has 0 atom stereocenters. The van der Waals surface area contributed by atoms with Crippen LogP contribution in [-0.4, -0.2) is 7.11 Å². The third-order valence-corrected chi connectivity index (χ3v) is 3.59. The van der Waals surface area contributed by atoms with Gasteiger partial charge >= 0.3 is 0 Å². The first kappa shape index (κ1) is 17.5. The van der Waals surface area contributed by atoms with Crippen LogP contribution in [0.15, 0.2) is 94.4 Å². The summed E-state index contributed by atoms with van der Waals surface area (Å²) < 4.78 is 5.16. The number of rotatable bonds is 3. The molecule has 0 heterocycles. The molecule has 0 saturated carbocycles. The molecule has 0 bridgehead atoms. The average Bonchev–Trinajstić information content (AvgIpc) is 3.08. The summed E-state index contributed by atoms with van der Waals surface area (Å²) >= 11 is 0. The Morgan fingerprint density at radius 1 is 1.04 bits per heavy atom. The van der Waals surface area contributed by atoms with Crippen LogP contribution in [0.1, 0.15) is 6.42 Å².